The minimum absolute atomic E-state index is 0.145. The van der Waals surface area contributed by atoms with Gasteiger partial charge in [0, 0.05) is 18.9 Å². The van der Waals surface area contributed by atoms with E-state index in [2.05, 4.69) is 39.1 Å². The summed E-state index contributed by atoms with van der Waals surface area (Å²) in [5, 5.41) is 2.88. The van der Waals surface area contributed by atoms with Crippen molar-refractivity contribution in [2.45, 2.75) is 32.0 Å². The van der Waals surface area contributed by atoms with E-state index >= 15 is 0 Å². The first-order chi connectivity index (χ1) is 11.8. The van der Waals surface area contributed by atoms with Crippen molar-refractivity contribution in [1.82, 2.24) is 14.9 Å². The highest BCUT2D eigenvalue weighted by molar-refractivity contribution is 5.80. The van der Waals surface area contributed by atoms with Gasteiger partial charge >= 0.3 is 0 Å². The molecule has 1 amide bonds. The molecule has 2 aromatic rings. The third-order valence-corrected chi connectivity index (χ3v) is 4.04. The Morgan fingerprint density at radius 1 is 1.29 bits per heavy atom. The molecule has 1 aliphatic heterocycles. The summed E-state index contributed by atoms with van der Waals surface area (Å²) < 4.78 is 12.7. The number of hydrogen-bond donors (Lipinski definition) is 1. The summed E-state index contributed by atoms with van der Waals surface area (Å²) in [6.07, 6.45) is 5.26. The standard InChI is InChI=1S/C18H23N3O3/c22-18(16-14-23-11-12-24-16)20-13-17-19-8-10-21(17)9-4-7-15-5-2-1-3-6-15/h1-3,5-6,8,10,16H,4,7,9,11-14H2,(H,20,22)/t16-/m0/s1. The number of nitrogens with one attached hydrogen (secondary N) is 1. The van der Waals surface area contributed by atoms with E-state index in [1.54, 1.807) is 6.20 Å². The number of imidazole rings is 1. The Labute approximate surface area is 141 Å². The Hall–Kier alpha value is -2.18. The Morgan fingerprint density at radius 3 is 2.96 bits per heavy atom. The van der Waals surface area contributed by atoms with E-state index in [4.69, 9.17) is 9.47 Å². The first kappa shape index (κ1) is 16.7. The van der Waals surface area contributed by atoms with Gasteiger partial charge in [-0.25, -0.2) is 4.98 Å². The number of benzene rings is 1. The molecule has 128 valence electrons. The van der Waals surface area contributed by atoms with Crippen LogP contribution in [0.3, 0.4) is 0 Å². The molecule has 0 bridgehead atoms. The maximum Gasteiger partial charge on any atom is 0.251 e. The fourth-order valence-corrected chi connectivity index (χ4v) is 2.73. The number of amides is 1. The fourth-order valence-electron chi connectivity index (χ4n) is 2.73. The number of rotatable bonds is 7. The van der Waals surface area contributed by atoms with Crippen LogP contribution < -0.4 is 5.32 Å². The van der Waals surface area contributed by atoms with Crippen LogP contribution >= 0.6 is 0 Å². The van der Waals surface area contributed by atoms with Crippen LogP contribution in [-0.2, 0) is 33.8 Å². The fraction of sp³-hybridized carbons (Fsp3) is 0.444. The van der Waals surface area contributed by atoms with Gasteiger partial charge in [-0.05, 0) is 18.4 Å². The first-order valence-electron chi connectivity index (χ1n) is 8.34. The van der Waals surface area contributed by atoms with Crippen LogP contribution in [0.5, 0.6) is 0 Å². The quantitative estimate of drug-likeness (QED) is 0.837. The molecule has 1 atom stereocenters. The zero-order chi connectivity index (χ0) is 16.6. The number of aromatic nitrogens is 2. The number of ether oxygens (including phenoxy) is 2. The van der Waals surface area contributed by atoms with Crippen molar-refractivity contribution < 1.29 is 14.3 Å². The SMILES string of the molecule is O=C(NCc1nccn1CCCc1ccccc1)[C@@H]1COCCO1. The molecule has 1 fully saturated rings. The largest absolute Gasteiger partial charge is 0.376 e. The summed E-state index contributed by atoms with van der Waals surface area (Å²) in [6, 6.07) is 10.4. The second kappa shape index (κ2) is 8.61. The Bertz CT molecular complexity index is 636. The van der Waals surface area contributed by atoms with Crippen molar-refractivity contribution in [1.29, 1.82) is 0 Å². The maximum atomic E-state index is 12.1. The van der Waals surface area contributed by atoms with E-state index in [1.165, 1.54) is 5.56 Å². The van der Waals surface area contributed by atoms with Crippen LogP contribution in [0.4, 0.5) is 0 Å². The van der Waals surface area contributed by atoms with E-state index < -0.39 is 6.10 Å². The van der Waals surface area contributed by atoms with Gasteiger partial charge < -0.3 is 19.4 Å². The maximum absolute atomic E-state index is 12.1. The summed E-state index contributed by atoms with van der Waals surface area (Å²) >= 11 is 0. The van der Waals surface area contributed by atoms with Crippen LogP contribution in [0.1, 0.15) is 17.8 Å². The molecule has 1 aliphatic rings. The van der Waals surface area contributed by atoms with Gasteiger partial charge in [-0.3, -0.25) is 4.79 Å². The van der Waals surface area contributed by atoms with Gasteiger partial charge in [-0.1, -0.05) is 30.3 Å². The van der Waals surface area contributed by atoms with Crippen LogP contribution in [0.15, 0.2) is 42.7 Å². The molecule has 1 saturated heterocycles. The van der Waals surface area contributed by atoms with Gasteiger partial charge in [0.2, 0.25) is 0 Å². The molecule has 0 spiro atoms. The minimum atomic E-state index is -0.514. The van der Waals surface area contributed by atoms with Gasteiger partial charge in [-0.15, -0.1) is 0 Å². The molecule has 0 aliphatic carbocycles. The zero-order valence-corrected chi connectivity index (χ0v) is 13.7. The average Bonchev–Trinajstić information content (AvgIpc) is 3.09. The average molecular weight is 329 g/mol. The molecule has 3 rings (SSSR count). The number of carbonyl (C=O) groups excluding carboxylic acids is 1. The van der Waals surface area contributed by atoms with Crippen molar-refractivity contribution in [3.05, 3.63) is 54.1 Å². The third kappa shape index (κ3) is 4.66. The van der Waals surface area contributed by atoms with Crippen molar-refractivity contribution in [3.63, 3.8) is 0 Å². The van der Waals surface area contributed by atoms with Gasteiger partial charge in [0.25, 0.3) is 5.91 Å². The summed E-state index contributed by atoms with van der Waals surface area (Å²) in [5.74, 6) is 0.710. The smallest absolute Gasteiger partial charge is 0.251 e. The van der Waals surface area contributed by atoms with E-state index in [9.17, 15) is 4.79 Å². The number of aryl methyl sites for hydroxylation is 2. The molecule has 0 unspecified atom stereocenters. The molecule has 0 radical (unpaired) electrons. The zero-order valence-electron chi connectivity index (χ0n) is 13.7. The van der Waals surface area contributed by atoms with Crippen LogP contribution in [-0.4, -0.2) is 41.4 Å². The van der Waals surface area contributed by atoms with Crippen LogP contribution in [0.25, 0.3) is 0 Å². The van der Waals surface area contributed by atoms with E-state index in [1.807, 2.05) is 12.3 Å². The lowest BCUT2D eigenvalue weighted by Crippen LogP contribution is -2.42. The molecule has 1 N–H and O–H groups in total. The van der Waals surface area contributed by atoms with Crippen molar-refractivity contribution in [3.8, 4) is 0 Å². The number of nitrogens with zero attached hydrogens (tertiary/aromatic N) is 2. The highest BCUT2D eigenvalue weighted by Gasteiger charge is 2.22. The molecule has 2 heterocycles. The summed E-state index contributed by atoms with van der Waals surface area (Å²) in [7, 11) is 0. The summed E-state index contributed by atoms with van der Waals surface area (Å²) in [4.78, 5) is 16.4. The van der Waals surface area contributed by atoms with Gasteiger partial charge in [0.15, 0.2) is 6.10 Å². The lowest BCUT2D eigenvalue weighted by Gasteiger charge is -2.22. The predicted molar refractivity (Wildman–Crippen MR) is 89.4 cm³/mol. The summed E-state index contributed by atoms with van der Waals surface area (Å²) in [6.45, 7) is 2.61. The molecule has 0 saturated carbocycles. The van der Waals surface area contributed by atoms with Crippen LogP contribution in [0, 0.1) is 0 Å². The van der Waals surface area contributed by atoms with E-state index in [0.717, 1.165) is 25.2 Å². The van der Waals surface area contributed by atoms with Gasteiger partial charge in [0.1, 0.15) is 5.82 Å². The molecular formula is C18H23N3O3. The second-order valence-electron chi connectivity index (χ2n) is 5.78. The van der Waals surface area contributed by atoms with E-state index in [-0.39, 0.29) is 5.91 Å². The second-order valence-corrected chi connectivity index (χ2v) is 5.78. The van der Waals surface area contributed by atoms with Gasteiger partial charge in [-0.2, -0.15) is 0 Å². The summed E-state index contributed by atoms with van der Waals surface area (Å²) in [5.41, 5.74) is 1.34. The molecule has 1 aromatic heterocycles. The third-order valence-electron chi connectivity index (χ3n) is 4.04. The molecular weight excluding hydrogens is 306 g/mol. The van der Waals surface area contributed by atoms with Crippen molar-refractivity contribution >= 4 is 5.91 Å². The molecule has 6 heteroatoms. The highest BCUT2D eigenvalue weighted by Crippen LogP contribution is 2.06. The minimum Gasteiger partial charge on any atom is -0.376 e. The lowest BCUT2D eigenvalue weighted by atomic mass is 10.1. The van der Waals surface area contributed by atoms with Crippen LogP contribution in [0.2, 0.25) is 0 Å². The Morgan fingerprint density at radius 2 is 2.17 bits per heavy atom. The molecule has 24 heavy (non-hydrogen) atoms. The highest BCUT2D eigenvalue weighted by atomic mass is 16.6. The first-order valence-corrected chi connectivity index (χ1v) is 8.34. The van der Waals surface area contributed by atoms with Crippen molar-refractivity contribution in [2.75, 3.05) is 19.8 Å². The van der Waals surface area contributed by atoms with Crippen molar-refractivity contribution in [2.24, 2.45) is 0 Å². The monoisotopic (exact) mass is 329 g/mol. The lowest BCUT2D eigenvalue weighted by molar-refractivity contribution is -0.147. The molecule has 1 aromatic carbocycles. The van der Waals surface area contributed by atoms with Gasteiger partial charge in [0.05, 0.1) is 26.4 Å². The Kier molecular flexibility index (Phi) is 5.98. The van der Waals surface area contributed by atoms with E-state index in [0.29, 0.717) is 26.4 Å². The number of carbonyl (C=O) groups is 1. The molecule has 6 nitrogen and oxygen atoms in total. The Balaban J connectivity index is 1.45. The predicted octanol–water partition coefficient (Wildman–Crippen LogP) is 1.55. The normalized spacial score (nSPS) is 17.6. The number of hydrogen-bond acceptors (Lipinski definition) is 4. The topological polar surface area (TPSA) is 65.4 Å².